The fourth-order valence-corrected chi connectivity index (χ4v) is 2.36. The van der Waals surface area contributed by atoms with Crippen LogP contribution in [-0.4, -0.2) is 11.6 Å². The van der Waals surface area contributed by atoms with Crippen molar-refractivity contribution in [2.24, 2.45) is 17.8 Å². The maximum Gasteiger partial charge on any atom is 0.0121 e. The molecule has 15 heavy (non-hydrogen) atoms. The molecule has 0 saturated carbocycles. The van der Waals surface area contributed by atoms with Crippen LogP contribution in [0.3, 0.4) is 0 Å². The molecule has 0 aromatic carbocycles. The maximum absolute atomic E-state index is 3.76. The molecular formula is C14H31N. The first kappa shape index (κ1) is 15.0. The smallest absolute Gasteiger partial charge is 0.0121 e. The van der Waals surface area contributed by atoms with Gasteiger partial charge in [0, 0.05) is 11.6 Å². The highest BCUT2D eigenvalue weighted by molar-refractivity contribution is 4.83. The van der Waals surface area contributed by atoms with Gasteiger partial charge in [-0.1, -0.05) is 34.6 Å². The van der Waals surface area contributed by atoms with Crippen molar-refractivity contribution in [2.75, 3.05) is 0 Å². The van der Waals surface area contributed by atoms with E-state index in [-0.39, 0.29) is 5.54 Å². The highest BCUT2D eigenvalue weighted by Gasteiger charge is 2.25. The van der Waals surface area contributed by atoms with E-state index >= 15 is 0 Å². The third-order valence-corrected chi connectivity index (χ3v) is 2.77. The standard InChI is InChI=1S/C14H31N/c1-10(2)9-12(5)13(11(3)4)15-14(6,7)8/h10-13,15H,9H2,1-8H3. The summed E-state index contributed by atoms with van der Waals surface area (Å²) in [6.07, 6.45) is 1.31. The molecule has 0 bridgehead atoms. The van der Waals surface area contributed by atoms with Gasteiger partial charge in [-0.3, -0.25) is 0 Å². The molecule has 0 saturated heterocycles. The summed E-state index contributed by atoms with van der Waals surface area (Å²) in [5.74, 6) is 2.25. The Morgan fingerprint density at radius 3 is 1.67 bits per heavy atom. The molecule has 1 heteroatoms. The molecule has 0 spiro atoms. The van der Waals surface area contributed by atoms with Crippen molar-refractivity contribution in [1.82, 2.24) is 5.32 Å². The molecule has 2 atom stereocenters. The van der Waals surface area contributed by atoms with Gasteiger partial charge >= 0.3 is 0 Å². The average molecular weight is 213 g/mol. The van der Waals surface area contributed by atoms with Crippen LogP contribution in [0.1, 0.15) is 61.8 Å². The molecule has 0 aliphatic heterocycles. The van der Waals surface area contributed by atoms with Gasteiger partial charge in [0.15, 0.2) is 0 Å². The molecule has 0 amide bonds. The zero-order chi connectivity index (χ0) is 12.2. The van der Waals surface area contributed by atoms with E-state index in [4.69, 9.17) is 0 Å². The first-order chi connectivity index (χ1) is 6.63. The monoisotopic (exact) mass is 213 g/mol. The van der Waals surface area contributed by atoms with Crippen LogP contribution in [0.4, 0.5) is 0 Å². The largest absolute Gasteiger partial charge is 0.309 e. The average Bonchev–Trinajstić information content (AvgIpc) is 1.96. The molecule has 0 aliphatic carbocycles. The van der Waals surface area contributed by atoms with Crippen LogP contribution in [-0.2, 0) is 0 Å². The van der Waals surface area contributed by atoms with Gasteiger partial charge in [0.1, 0.15) is 0 Å². The Bertz CT molecular complexity index is 165. The minimum Gasteiger partial charge on any atom is -0.309 e. The molecule has 1 nitrogen and oxygen atoms in total. The lowest BCUT2D eigenvalue weighted by Gasteiger charge is -2.36. The Hall–Kier alpha value is -0.0400. The van der Waals surface area contributed by atoms with Gasteiger partial charge in [-0.15, -0.1) is 0 Å². The van der Waals surface area contributed by atoms with Crippen LogP contribution in [0.5, 0.6) is 0 Å². The highest BCUT2D eigenvalue weighted by atomic mass is 15.0. The lowest BCUT2D eigenvalue weighted by molar-refractivity contribution is 0.217. The lowest BCUT2D eigenvalue weighted by atomic mass is 9.84. The van der Waals surface area contributed by atoms with E-state index in [1.807, 2.05) is 0 Å². The van der Waals surface area contributed by atoms with E-state index < -0.39 is 0 Å². The summed E-state index contributed by atoms with van der Waals surface area (Å²) in [5.41, 5.74) is 0.222. The van der Waals surface area contributed by atoms with Crippen molar-refractivity contribution < 1.29 is 0 Å². The molecule has 0 aliphatic rings. The van der Waals surface area contributed by atoms with Crippen LogP contribution in [0.2, 0.25) is 0 Å². The molecule has 1 N–H and O–H groups in total. The quantitative estimate of drug-likeness (QED) is 0.725. The van der Waals surface area contributed by atoms with E-state index in [1.165, 1.54) is 6.42 Å². The Balaban J connectivity index is 4.39. The third-order valence-electron chi connectivity index (χ3n) is 2.77. The summed E-state index contributed by atoms with van der Waals surface area (Å²) in [4.78, 5) is 0. The molecule has 0 heterocycles. The van der Waals surface area contributed by atoms with Gasteiger partial charge in [-0.05, 0) is 44.9 Å². The van der Waals surface area contributed by atoms with Crippen LogP contribution in [0, 0.1) is 17.8 Å². The minimum absolute atomic E-state index is 0.222. The Morgan fingerprint density at radius 2 is 1.40 bits per heavy atom. The summed E-state index contributed by atoms with van der Waals surface area (Å²) in [7, 11) is 0. The number of rotatable bonds is 5. The zero-order valence-corrected chi connectivity index (χ0v) is 12.0. The number of nitrogens with one attached hydrogen (secondary N) is 1. The Labute approximate surface area is 97.0 Å². The summed E-state index contributed by atoms with van der Waals surface area (Å²) >= 11 is 0. The van der Waals surface area contributed by atoms with Gasteiger partial charge in [0.05, 0.1) is 0 Å². The fraction of sp³-hybridized carbons (Fsp3) is 1.00. The van der Waals surface area contributed by atoms with Gasteiger partial charge < -0.3 is 5.32 Å². The summed E-state index contributed by atoms with van der Waals surface area (Å²) < 4.78 is 0. The van der Waals surface area contributed by atoms with Crippen molar-refractivity contribution in [1.29, 1.82) is 0 Å². The summed E-state index contributed by atoms with van der Waals surface area (Å²) in [5, 5.41) is 3.76. The fourth-order valence-electron chi connectivity index (χ4n) is 2.36. The van der Waals surface area contributed by atoms with Crippen LogP contribution >= 0.6 is 0 Å². The van der Waals surface area contributed by atoms with Gasteiger partial charge in [-0.2, -0.15) is 0 Å². The molecule has 0 radical (unpaired) electrons. The molecule has 0 aromatic rings. The van der Waals surface area contributed by atoms with E-state index in [0.717, 1.165) is 11.8 Å². The van der Waals surface area contributed by atoms with E-state index in [9.17, 15) is 0 Å². The number of hydrogen-bond donors (Lipinski definition) is 1. The van der Waals surface area contributed by atoms with Crippen LogP contribution in [0.15, 0.2) is 0 Å². The van der Waals surface area contributed by atoms with E-state index in [0.29, 0.717) is 12.0 Å². The topological polar surface area (TPSA) is 12.0 Å². The van der Waals surface area contributed by atoms with Crippen LogP contribution in [0.25, 0.3) is 0 Å². The Kier molecular flexibility index (Phi) is 5.87. The van der Waals surface area contributed by atoms with Crippen molar-refractivity contribution in [2.45, 2.75) is 73.4 Å². The SMILES string of the molecule is CC(C)CC(C)C(NC(C)(C)C)C(C)C. The van der Waals surface area contributed by atoms with E-state index in [1.54, 1.807) is 0 Å². The van der Waals surface area contributed by atoms with Crippen molar-refractivity contribution in [3.63, 3.8) is 0 Å². The molecule has 0 rings (SSSR count). The summed E-state index contributed by atoms with van der Waals surface area (Å²) in [6, 6.07) is 0.632. The second kappa shape index (κ2) is 5.89. The van der Waals surface area contributed by atoms with Crippen molar-refractivity contribution in [3.8, 4) is 0 Å². The number of hydrogen-bond acceptors (Lipinski definition) is 1. The third kappa shape index (κ3) is 6.94. The predicted molar refractivity (Wildman–Crippen MR) is 70.1 cm³/mol. The van der Waals surface area contributed by atoms with Gasteiger partial charge in [0.2, 0.25) is 0 Å². The summed E-state index contributed by atoms with van der Waals surface area (Å²) in [6.45, 7) is 18.4. The highest BCUT2D eigenvalue weighted by Crippen LogP contribution is 2.22. The first-order valence-corrected chi connectivity index (χ1v) is 6.41. The second-order valence-electron chi connectivity index (χ2n) is 6.77. The van der Waals surface area contributed by atoms with E-state index in [2.05, 4.69) is 60.7 Å². The molecule has 92 valence electrons. The van der Waals surface area contributed by atoms with Gasteiger partial charge in [0.25, 0.3) is 0 Å². The molecule has 0 fully saturated rings. The maximum atomic E-state index is 3.76. The lowest BCUT2D eigenvalue weighted by Crippen LogP contribution is -2.49. The molecular weight excluding hydrogens is 182 g/mol. The second-order valence-corrected chi connectivity index (χ2v) is 6.77. The van der Waals surface area contributed by atoms with Crippen molar-refractivity contribution in [3.05, 3.63) is 0 Å². The Morgan fingerprint density at radius 1 is 0.933 bits per heavy atom. The molecule has 2 unspecified atom stereocenters. The molecule has 0 aromatic heterocycles. The van der Waals surface area contributed by atoms with Gasteiger partial charge in [-0.25, -0.2) is 0 Å². The first-order valence-electron chi connectivity index (χ1n) is 6.41. The van der Waals surface area contributed by atoms with Crippen molar-refractivity contribution >= 4 is 0 Å². The predicted octanol–water partition coefficient (Wildman–Crippen LogP) is 4.08. The normalized spacial score (nSPS) is 17.2. The van der Waals surface area contributed by atoms with Crippen LogP contribution < -0.4 is 5.32 Å². The zero-order valence-electron chi connectivity index (χ0n) is 12.0. The minimum atomic E-state index is 0.222.